The van der Waals surface area contributed by atoms with Gasteiger partial charge in [-0.05, 0) is 25.5 Å². The quantitative estimate of drug-likeness (QED) is 0.833. The molecule has 0 heterocycles. The van der Waals surface area contributed by atoms with Crippen molar-refractivity contribution < 1.29 is 13.2 Å². The molecule has 90 valence electrons. The van der Waals surface area contributed by atoms with Crippen molar-refractivity contribution in [3.63, 3.8) is 0 Å². The molecule has 0 fully saturated rings. The molecule has 1 N–H and O–H groups in total. The lowest BCUT2D eigenvalue weighted by molar-refractivity contribution is 0.340. The van der Waals surface area contributed by atoms with Crippen LogP contribution >= 0.6 is 0 Å². The van der Waals surface area contributed by atoms with Crippen LogP contribution in [-0.2, 0) is 10.0 Å². The lowest BCUT2D eigenvalue weighted by Gasteiger charge is -2.08. The van der Waals surface area contributed by atoms with E-state index in [0.29, 0.717) is 24.5 Å². The largest absolute Gasteiger partial charge is 0.494 e. The Balaban J connectivity index is 2.77. The van der Waals surface area contributed by atoms with Crippen LogP contribution in [0.3, 0.4) is 0 Å². The van der Waals surface area contributed by atoms with Gasteiger partial charge in [-0.15, -0.1) is 0 Å². The number of ether oxygens (including phenoxy) is 1. The maximum Gasteiger partial charge on any atom is 0.232 e. The molecule has 0 aliphatic rings. The Morgan fingerprint density at radius 3 is 2.69 bits per heavy atom. The second-order valence-corrected chi connectivity index (χ2v) is 5.22. The van der Waals surface area contributed by atoms with E-state index in [0.717, 1.165) is 0 Å². The maximum absolute atomic E-state index is 11.5. The van der Waals surface area contributed by atoms with Crippen molar-refractivity contribution in [2.75, 3.05) is 17.1 Å². The average molecular weight is 243 g/mol. The van der Waals surface area contributed by atoms with Gasteiger partial charge >= 0.3 is 0 Å². The van der Waals surface area contributed by atoms with Crippen LogP contribution in [0.15, 0.2) is 24.3 Å². The van der Waals surface area contributed by atoms with Gasteiger partial charge in [-0.3, -0.25) is 4.72 Å². The van der Waals surface area contributed by atoms with E-state index in [2.05, 4.69) is 4.72 Å². The van der Waals surface area contributed by atoms with Crippen molar-refractivity contribution in [3.8, 4) is 5.75 Å². The van der Waals surface area contributed by atoms with E-state index in [1.807, 2.05) is 13.8 Å². The molecule has 1 aromatic rings. The molecule has 4 nitrogen and oxygen atoms in total. The molecule has 0 aromatic heterocycles. The van der Waals surface area contributed by atoms with Crippen molar-refractivity contribution >= 4 is 15.7 Å². The lowest BCUT2D eigenvalue weighted by atomic mass is 10.3. The minimum atomic E-state index is -3.22. The van der Waals surface area contributed by atoms with Gasteiger partial charge in [0.15, 0.2) is 0 Å². The Hall–Kier alpha value is -1.23. The molecule has 0 amide bonds. The molecule has 0 saturated carbocycles. The highest BCUT2D eigenvalue weighted by molar-refractivity contribution is 7.92. The van der Waals surface area contributed by atoms with E-state index in [-0.39, 0.29) is 5.75 Å². The Morgan fingerprint density at radius 1 is 1.31 bits per heavy atom. The standard InChI is InChI=1S/C11H17NO3S/c1-3-8-16(13,14)12-10-6-5-7-11(9-10)15-4-2/h5-7,9,12H,3-4,8H2,1-2H3. The Kier molecular flexibility index (Phi) is 4.61. The molecule has 1 aromatic carbocycles. The summed E-state index contributed by atoms with van der Waals surface area (Å²) in [6, 6.07) is 6.93. The molecule has 5 heteroatoms. The van der Waals surface area contributed by atoms with Crippen LogP contribution in [0.2, 0.25) is 0 Å². The first-order chi connectivity index (χ1) is 7.57. The summed E-state index contributed by atoms with van der Waals surface area (Å²) in [5.74, 6) is 0.797. The third kappa shape index (κ3) is 4.10. The van der Waals surface area contributed by atoms with Gasteiger partial charge in [0, 0.05) is 6.07 Å². The third-order valence-corrected chi connectivity index (χ3v) is 3.38. The van der Waals surface area contributed by atoms with Crippen LogP contribution in [-0.4, -0.2) is 20.8 Å². The van der Waals surface area contributed by atoms with Crippen LogP contribution in [0.4, 0.5) is 5.69 Å². The van der Waals surface area contributed by atoms with Crippen LogP contribution < -0.4 is 9.46 Å². The van der Waals surface area contributed by atoms with E-state index in [9.17, 15) is 8.42 Å². The maximum atomic E-state index is 11.5. The number of anilines is 1. The molecular weight excluding hydrogens is 226 g/mol. The highest BCUT2D eigenvalue weighted by Crippen LogP contribution is 2.18. The fourth-order valence-corrected chi connectivity index (χ4v) is 2.44. The van der Waals surface area contributed by atoms with Gasteiger partial charge in [-0.25, -0.2) is 8.42 Å². The molecule has 0 atom stereocenters. The zero-order valence-electron chi connectivity index (χ0n) is 9.56. The first kappa shape index (κ1) is 12.8. The molecule has 0 saturated heterocycles. The summed E-state index contributed by atoms with van der Waals surface area (Å²) >= 11 is 0. The van der Waals surface area contributed by atoms with Gasteiger partial charge < -0.3 is 4.74 Å². The molecule has 0 spiro atoms. The average Bonchev–Trinajstić information content (AvgIpc) is 2.17. The molecule has 0 bridgehead atoms. The number of nitrogens with one attached hydrogen (secondary N) is 1. The fraction of sp³-hybridized carbons (Fsp3) is 0.455. The van der Waals surface area contributed by atoms with Crippen LogP contribution in [0.5, 0.6) is 5.75 Å². The molecule has 0 aliphatic heterocycles. The summed E-state index contributed by atoms with van der Waals surface area (Å²) in [5.41, 5.74) is 0.541. The normalized spacial score (nSPS) is 11.1. The van der Waals surface area contributed by atoms with Crippen LogP contribution in [0, 0.1) is 0 Å². The number of benzene rings is 1. The summed E-state index contributed by atoms with van der Waals surface area (Å²) in [7, 11) is -3.22. The monoisotopic (exact) mass is 243 g/mol. The lowest BCUT2D eigenvalue weighted by Crippen LogP contribution is -2.16. The predicted molar refractivity (Wildman–Crippen MR) is 65.3 cm³/mol. The summed E-state index contributed by atoms with van der Waals surface area (Å²) in [6.07, 6.45) is 0.598. The number of hydrogen-bond donors (Lipinski definition) is 1. The molecule has 0 radical (unpaired) electrons. The zero-order chi connectivity index (χ0) is 12.0. The van der Waals surface area contributed by atoms with Gasteiger partial charge in [0.05, 0.1) is 18.0 Å². The van der Waals surface area contributed by atoms with Crippen LogP contribution in [0.1, 0.15) is 20.3 Å². The summed E-state index contributed by atoms with van der Waals surface area (Å²) < 4.78 is 30.8. The smallest absolute Gasteiger partial charge is 0.232 e. The fourth-order valence-electron chi connectivity index (χ4n) is 1.32. The van der Waals surface area contributed by atoms with E-state index in [1.165, 1.54) is 0 Å². The van der Waals surface area contributed by atoms with E-state index >= 15 is 0 Å². The van der Waals surface area contributed by atoms with Gasteiger partial charge in [0.25, 0.3) is 0 Å². The summed E-state index contributed by atoms with van der Waals surface area (Å²) in [5, 5.41) is 0. The van der Waals surface area contributed by atoms with Crippen molar-refractivity contribution in [2.45, 2.75) is 20.3 Å². The van der Waals surface area contributed by atoms with Gasteiger partial charge in [0.1, 0.15) is 5.75 Å². The molecule has 16 heavy (non-hydrogen) atoms. The first-order valence-electron chi connectivity index (χ1n) is 5.30. The van der Waals surface area contributed by atoms with E-state index in [4.69, 9.17) is 4.74 Å². The van der Waals surface area contributed by atoms with E-state index < -0.39 is 10.0 Å². The van der Waals surface area contributed by atoms with Crippen LogP contribution in [0.25, 0.3) is 0 Å². The highest BCUT2D eigenvalue weighted by atomic mass is 32.2. The SMILES string of the molecule is CCCS(=O)(=O)Nc1cccc(OCC)c1. The molecule has 0 unspecified atom stereocenters. The Morgan fingerprint density at radius 2 is 2.06 bits per heavy atom. The molecule has 1 rings (SSSR count). The van der Waals surface area contributed by atoms with Crippen molar-refractivity contribution in [3.05, 3.63) is 24.3 Å². The Bertz CT molecular complexity index is 429. The summed E-state index contributed by atoms with van der Waals surface area (Å²) in [4.78, 5) is 0. The Labute approximate surface area is 96.7 Å². The zero-order valence-corrected chi connectivity index (χ0v) is 10.4. The van der Waals surface area contributed by atoms with Crippen molar-refractivity contribution in [2.24, 2.45) is 0 Å². The minimum absolute atomic E-state index is 0.131. The number of rotatable bonds is 6. The van der Waals surface area contributed by atoms with Crippen molar-refractivity contribution in [1.82, 2.24) is 0 Å². The van der Waals surface area contributed by atoms with Crippen molar-refractivity contribution in [1.29, 1.82) is 0 Å². The van der Waals surface area contributed by atoms with E-state index in [1.54, 1.807) is 24.3 Å². The summed E-state index contributed by atoms with van der Waals surface area (Å²) in [6.45, 7) is 4.27. The third-order valence-electron chi connectivity index (χ3n) is 1.89. The van der Waals surface area contributed by atoms with Gasteiger partial charge in [0.2, 0.25) is 10.0 Å². The molecule has 0 aliphatic carbocycles. The molecular formula is C11H17NO3S. The van der Waals surface area contributed by atoms with Gasteiger partial charge in [-0.1, -0.05) is 13.0 Å². The highest BCUT2D eigenvalue weighted by Gasteiger charge is 2.08. The number of hydrogen-bond acceptors (Lipinski definition) is 3. The topological polar surface area (TPSA) is 55.4 Å². The van der Waals surface area contributed by atoms with Gasteiger partial charge in [-0.2, -0.15) is 0 Å². The second-order valence-electron chi connectivity index (χ2n) is 3.38. The first-order valence-corrected chi connectivity index (χ1v) is 6.96. The predicted octanol–water partition coefficient (Wildman–Crippen LogP) is 2.24. The number of sulfonamides is 1. The minimum Gasteiger partial charge on any atom is -0.494 e. The second kappa shape index (κ2) is 5.75.